The van der Waals surface area contributed by atoms with E-state index in [9.17, 15) is 4.79 Å². The summed E-state index contributed by atoms with van der Waals surface area (Å²) in [6.45, 7) is 12.2. The standard InChI is InChI=1S/C38H42O10/c1-28(2)48-46-20-6-5-19-43-34-15-17-35(18-16-34)44-27-45-36-13-11-33-26-37(14-12-32(33)25-36)47-38(39)31-9-7-30(8-10-31)29(3)42-24-23-41-22-21-40-4/h7-18,25-26H,1,3,5-6,19-24,27H2,2,4H3. The molecule has 0 N–H and O–H groups in total. The van der Waals surface area contributed by atoms with Gasteiger partial charge in [-0.25, -0.2) is 4.79 Å². The van der Waals surface area contributed by atoms with Gasteiger partial charge in [-0.2, -0.15) is 4.89 Å². The first-order valence-corrected chi connectivity index (χ1v) is 15.6. The summed E-state index contributed by atoms with van der Waals surface area (Å²) in [6, 6.07) is 25.3. The molecule has 0 saturated carbocycles. The average Bonchev–Trinajstić information content (AvgIpc) is 3.10. The number of rotatable bonds is 22. The second-order valence-electron chi connectivity index (χ2n) is 10.6. The van der Waals surface area contributed by atoms with E-state index in [1.54, 1.807) is 44.4 Å². The average molecular weight is 659 g/mol. The predicted molar refractivity (Wildman–Crippen MR) is 182 cm³/mol. The van der Waals surface area contributed by atoms with Crippen LogP contribution in [0.25, 0.3) is 16.5 Å². The van der Waals surface area contributed by atoms with Crippen molar-refractivity contribution in [1.82, 2.24) is 0 Å². The fraction of sp³-hybridized carbons (Fsp3) is 0.289. The van der Waals surface area contributed by atoms with Gasteiger partial charge >= 0.3 is 5.97 Å². The molecule has 48 heavy (non-hydrogen) atoms. The van der Waals surface area contributed by atoms with Crippen LogP contribution in [-0.4, -0.2) is 59.5 Å². The molecule has 10 heteroatoms. The second kappa shape index (κ2) is 19.6. The van der Waals surface area contributed by atoms with Gasteiger partial charge in [-0.15, -0.1) is 0 Å². The first kappa shape index (κ1) is 35.8. The Bertz CT molecular complexity index is 1600. The molecule has 0 aliphatic heterocycles. The summed E-state index contributed by atoms with van der Waals surface area (Å²) in [7, 11) is 1.62. The topological polar surface area (TPSA) is 100 Å². The van der Waals surface area contributed by atoms with E-state index in [4.69, 9.17) is 42.9 Å². The van der Waals surface area contributed by atoms with Gasteiger partial charge in [-0.3, -0.25) is 0 Å². The van der Waals surface area contributed by atoms with Gasteiger partial charge in [0, 0.05) is 12.7 Å². The van der Waals surface area contributed by atoms with Crippen LogP contribution in [0.15, 0.2) is 104 Å². The molecule has 0 aliphatic carbocycles. The molecule has 0 amide bonds. The highest BCUT2D eigenvalue weighted by molar-refractivity contribution is 5.92. The lowest BCUT2D eigenvalue weighted by Crippen LogP contribution is -2.09. The largest absolute Gasteiger partial charge is 0.494 e. The van der Waals surface area contributed by atoms with Crippen LogP contribution in [0.1, 0.15) is 35.7 Å². The molecule has 0 aliphatic rings. The highest BCUT2D eigenvalue weighted by Gasteiger charge is 2.11. The third-order valence-electron chi connectivity index (χ3n) is 6.74. The third kappa shape index (κ3) is 12.3. The maximum Gasteiger partial charge on any atom is 0.343 e. The molecule has 0 heterocycles. The Morgan fingerprint density at radius 1 is 0.625 bits per heavy atom. The van der Waals surface area contributed by atoms with Gasteiger partial charge in [0.2, 0.25) is 6.79 Å². The molecular formula is C38H42O10. The predicted octanol–water partition coefficient (Wildman–Crippen LogP) is 7.77. The fourth-order valence-electron chi connectivity index (χ4n) is 4.26. The van der Waals surface area contributed by atoms with E-state index in [-0.39, 0.29) is 6.79 Å². The Morgan fingerprint density at radius 3 is 1.92 bits per heavy atom. The van der Waals surface area contributed by atoms with Crippen molar-refractivity contribution in [2.75, 3.05) is 53.5 Å². The summed E-state index contributed by atoms with van der Waals surface area (Å²) in [6.07, 6.45) is 1.65. The normalized spacial score (nSPS) is 10.7. The van der Waals surface area contributed by atoms with Crippen molar-refractivity contribution in [2.24, 2.45) is 0 Å². The number of hydrogen-bond acceptors (Lipinski definition) is 10. The Labute approximate surface area is 281 Å². The van der Waals surface area contributed by atoms with Crippen molar-refractivity contribution in [2.45, 2.75) is 19.8 Å². The molecule has 0 bridgehead atoms. The lowest BCUT2D eigenvalue weighted by Gasteiger charge is -2.11. The molecule has 0 fully saturated rings. The van der Waals surface area contributed by atoms with Gasteiger partial charge in [0.05, 0.1) is 38.6 Å². The first-order valence-electron chi connectivity index (χ1n) is 15.6. The summed E-state index contributed by atoms with van der Waals surface area (Å²) in [5.41, 5.74) is 1.17. The molecule has 10 nitrogen and oxygen atoms in total. The van der Waals surface area contributed by atoms with Crippen LogP contribution in [0, 0.1) is 0 Å². The minimum absolute atomic E-state index is 0.0369. The molecule has 0 atom stereocenters. The lowest BCUT2D eigenvalue weighted by molar-refractivity contribution is -0.261. The van der Waals surface area contributed by atoms with Crippen molar-refractivity contribution in [1.29, 1.82) is 0 Å². The first-order chi connectivity index (χ1) is 23.4. The molecule has 0 radical (unpaired) electrons. The van der Waals surface area contributed by atoms with Crippen LogP contribution < -0.4 is 18.9 Å². The molecule has 4 rings (SSSR count). The zero-order chi connectivity index (χ0) is 34.0. The van der Waals surface area contributed by atoms with E-state index in [1.165, 1.54) is 0 Å². The Balaban J connectivity index is 1.18. The van der Waals surface area contributed by atoms with Crippen LogP contribution in [0.2, 0.25) is 0 Å². The van der Waals surface area contributed by atoms with E-state index in [0.717, 1.165) is 34.9 Å². The zero-order valence-corrected chi connectivity index (χ0v) is 27.4. The quantitative estimate of drug-likeness (QED) is 0.0158. The summed E-state index contributed by atoms with van der Waals surface area (Å²) < 4.78 is 38.9. The van der Waals surface area contributed by atoms with Gasteiger partial charge in [-0.1, -0.05) is 37.4 Å². The maximum absolute atomic E-state index is 12.8. The molecule has 4 aromatic rings. The van der Waals surface area contributed by atoms with Crippen molar-refractivity contribution in [3.8, 4) is 23.0 Å². The number of unbranched alkanes of at least 4 members (excludes halogenated alkanes) is 1. The smallest absolute Gasteiger partial charge is 0.343 e. The van der Waals surface area contributed by atoms with E-state index in [2.05, 4.69) is 13.2 Å². The van der Waals surface area contributed by atoms with E-state index in [1.807, 2.05) is 54.6 Å². The zero-order valence-electron chi connectivity index (χ0n) is 27.4. The summed E-state index contributed by atoms with van der Waals surface area (Å²) in [5, 5.41) is 1.82. The second-order valence-corrected chi connectivity index (χ2v) is 10.6. The number of ether oxygens (including phenoxy) is 7. The number of methoxy groups -OCH3 is 1. The van der Waals surface area contributed by atoms with E-state index < -0.39 is 5.97 Å². The van der Waals surface area contributed by atoms with Crippen LogP contribution in [-0.2, 0) is 24.0 Å². The number of carbonyl (C=O) groups is 1. The van der Waals surface area contributed by atoms with Crippen LogP contribution in [0.3, 0.4) is 0 Å². The van der Waals surface area contributed by atoms with Gasteiger partial charge < -0.3 is 38.0 Å². The lowest BCUT2D eigenvalue weighted by atomic mass is 10.1. The molecule has 0 aromatic heterocycles. The van der Waals surface area contributed by atoms with Gasteiger partial charge in [0.1, 0.15) is 41.1 Å². The summed E-state index contributed by atoms with van der Waals surface area (Å²) in [5.74, 6) is 3.05. The van der Waals surface area contributed by atoms with Crippen molar-refractivity contribution in [3.05, 3.63) is 115 Å². The van der Waals surface area contributed by atoms with Crippen LogP contribution in [0.4, 0.5) is 0 Å². The van der Waals surface area contributed by atoms with Crippen molar-refractivity contribution < 1.29 is 47.7 Å². The summed E-state index contributed by atoms with van der Waals surface area (Å²) in [4.78, 5) is 22.7. The van der Waals surface area contributed by atoms with Crippen LogP contribution >= 0.6 is 0 Å². The summed E-state index contributed by atoms with van der Waals surface area (Å²) >= 11 is 0. The third-order valence-corrected chi connectivity index (χ3v) is 6.74. The Hall–Kier alpha value is -5.03. The number of benzene rings is 4. The van der Waals surface area contributed by atoms with E-state index >= 15 is 0 Å². The number of hydrogen-bond donors (Lipinski definition) is 0. The Morgan fingerprint density at radius 2 is 1.21 bits per heavy atom. The number of allylic oxidation sites excluding steroid dienone is 1. The SMILES string of the molecule is C=C(C)OOCCCCOc1ccc(OCOc2ccc3cc(OC(=O)c4ccc(C(=C)OCCOCCOC)cc4)ccc3c2)cc1. The molecule has 0 spiro atoms. The number of fused-ring (bicyclic) bond motifs is 1. The molecule has 4 aromatic carbocycles. The van der Waals surface area contributed by atoms with Crippen molar-refractivity contribution in [3.63, 3.8) is 0 Å². The Kier molecular flexibility index (Phi) is 14.6. The monoisotopic (exact) mass is 658 g/mol. The van der Waals surface area contributed by atoms with Gasteiger partial charge in [0.25, 0.3) is 0 Å². The molecule has 0 unspecified atom stereocenters. The van der Waals surface area contributed by atoms with Crippen LogP contribution in [0.5, 0.6) is 23.0 Å². The molecule has 254 valence electrons. The highest BCUT2D eigenvalue weighted by Crippen LogP contribution is 2.26. The van der Waals surface area contributed by atoms with Crippen molar-refractivity contribution >= 4 is 22.5 Å². The minimum atomic E-state index is -0.466. The number of carbonyl (C=O) groups excluding carboxylic acids is 1. The molecular weight excluding hydrogens is 616 g/mol. The minimum Gasteiger partial charge on any atom is -0.494 e. The number of esters is 1. The molecule has 0 saturated heterocycles. The maximum atomic E-state index is 12.8. The van der Waals surface area contributed by atoms with Gasteiger partial charge in [0.15, 0.2) is 0 Å². The van der Waals surface area contributed by atoms with Gasteiger partial charge in [-0.05, 0) is 91.2 Å². The highest BCUT2D eigenvalue weighted by atomic mass is 17.2. The fourth-order valence-corrected chi connectivity index (χ4v) is 4.26. The van der Waals surface area contributed by atoms with E-state index in [0.29, 0.717) is 74.0 Å².